The van der Waals surface area contributed by atoms with E-state index in [1.165, 1.54) is 37.0 Å². The average Bonchev–Trinajstić information content (AvgIpc) is 2.83. The molecule has 1 heterocycles. The molecule has 0 saturated heterocycles. The summed E-state index contributed by atoms with van der Waals surface area (Å²) in [5.41, 5.74) is 0. The van der Waals surface area contributed by atoms with Gasteiger partial charge in [0.1, 0.15) is 0 Å². The molecule has 1 saturated carbocycles. The van der Waals surface area contributed by atoms with Crippen LogP contribution in [-0.4, -0.2) is 18.8 Å². The molecule has 2 nitrogen and oxygen atoms in total. The van der Waals surface area contributed by atoms with Crippen molar-refractivity contribution in [1.29, 1.82) is 0 Å². The quantitative estimate of drug-likeness (QED) is 0.836. The van der Waals surface area contributed by atoms with E-state index in [1.807, 2.05) is 0 Å². The van der Waals surface area contributed by atoms with Crippen molar-refractivity contribution < 1.29 is 4.74 Å². The Balaban J connectivity index is 1.58. The van der Waals surface area contributed by atoms with Gasteiger partial charge in [0.2, 0.25) is 0 Å². The Kier molecular flexibility index (Phi) is 5.49. The smallest absolute Gasteiger partial charge is 0.0675 e. The van der Waals surface area contributed by atoms with Crippen LogP contribution in [0.15, 0.2) is 17.5 Å². The number of hydrogen-bond acceptors (Lipinski definition) is 3. The van der Waals surface area contributed by atoms with Gasteiger partial charge in [-0.05, 0) is 31.2 Å². The molecule has 1 aliphatic carbocycles. The molecule has 0 aliphatic heterocycles. The second-order valence-corrected chi connectivity index (χ2v) is 5.95. The van der Waals surface area contributed by atoms with E-state index in [0.717, 1.165) is 13.1 Å². The van der Waals surface area contributed by atoms with Crippen LogP contribution in [0.4, 0.5) is 0 Å². The van der Waals surface area contributed by atoms with Crippen LogP contribution in [0.2, 0.25) is 0 Å². The SMILES string of the molecule is CC(CNCc1cccs1)OC1CCCCC1. The lowest BCUT2D eigenvalue weighted by atomic mass is 9.98. The van der Waals surface area contributed by atoms with Gasteiger partial charge in [-0.25, -0.2) is 0 Å². The molecule has 0 aromatic carbocycles. The van der Waals surface area contributed by atoms with E-state index in [1.54, 1.807) is 11.3 Å². The molecule has 1 N–H and O–H groups in total. The fourth-order valence-electron chi connectivity index (χ4n) is 2.39. The van der Waals surface area contributed by atoms with Crippen molar-refractivity contribution in [3.05, 3.63) is 22.4 Å². The Hall–Kier alpha value is -0.380. The zero-order valence-corrected chi connectivity index (χ0v) is 11.5. The average molecular weight is 253 g/mol. The molecule has 0 amide bonds. The van der Waals surface area contributed by atoms with E-state index < -0.39 is 0 Å². The second-order valence-electron chi connectivity index (χ2n) is 4.92. The first-order valence-electron chi connectivity index (χ1n) is 6.73. The highest BCUT2D eigenvalue weighted by atomic mass is 32.1. The molecule has 1 unspecified atom stereocenters. The maximum Gasteiger partial charge on any atom is 0.0675 e. The van der Waals surface area contributed by atoms with Crippen LogP contribution in [0.3, 0.4) is 0 Å². The van der Waals surface area contributed by atoms with Crippen molar-refractivity contribution in [2.75, 3.05) is 6.54 Å². The van der Waals surface area contributed by atoms with Crippen molar-refractivity contribution in [2.24, 2.45) is 0 Å². The largest absolute Gasteiger partial charge is 0.374 e. The highest BCUT2D eigenvalue weighted by molar-refractivity contribution is 7.09. The third-order valence-corrected chi connectivity index (χ3v) is 4.16. The van der Waals surface area contributed by atoms with Gasteiger partial charge >= 0.3 is 0 Å². The highest BCUT2D eigenvalue weighted by Gasteiger charge is 2.16. The molecule has 0 bridgehead atoms. The number of nitrogens with one attached hydrogen (secondary N) is 1. The Morgan fingerprint density at radius 2 is 2.24 bits per heavy atom. The molecule has 96 valence electrons. The van der Waals surface area contributed by atoms with Gasteiger partial charge in [-0.1, -0.05) is 25.3 Å². The molecule has 1 fully saturated rings. The lowest BCUT2D eigenvalue weighted by Gasteiger charge is -2.25. The molecule has 3 heteroatoms. The molecular formula is C14H23NOS. The van der Waals surface area contributed by atoms with Gasteiger partial charge in [0.15, 0.2) is 0 Å². The summed E-state index contributed by atoms with van der Waals surface area (Å²) in [5, 5.41) is 5.59. The first-order valence-corrected chi connectivity index (χ1v) is 7.61. The predicted octanol–water partition coefficient (Wildman–Crippen LogP) is 3.58. The summed E-state index contributed by atoms with van der Waals surface area (Å²) in [7, 11) is 0. The number of thiophene rings is 1. The summed E-state index contributed by atoms with van der Waals surface area (Å²) in [6.45, 7) is 4.10. The Morgan fingerprint density at radius 3 is 2.94 bits per heavy atom. The van der Waals surface area contributed by atoms with E-state index in [2.05, 4.69) is 29.8 Å². The summed E-state index contributed by atoms with van der Waals surface area (Å²) in [4.78, 5) is 1.40. The van der Waals surface area contributed by atoms with E-state index in [9.17, 15) is 0 Å². The van der Waals surface area contributed by atoms with Crippen LogP contribution in [-0.2, 0) is 11.3 Å². The fraction of sp³-hybridized carbons (Fsp3) is 0.714. The van der Waals surface area contributed by atoms with Crippen molar-refractivity contribution in [3.63, 3.8) is 0 Å². The van der Waals surface area contributed by atoms with Crippen molar-refractivity contribution in [2.45, 2.75) is 57.8 Å². The Bertz CT molecular complexity index is 293. The van der Waals surface area contributed by atoms with Gasteiger partial charge in [-0.3, -0.25) is 0 Å². The van der Waals surface area contributed by atoms with Gasteiger partial charge in [0.25, 0.3) is 0 Å². The predicted molar refractivity (Wildman–Crippen MR) is 73.4 cm³/mol. The molecule has 1 aliphatic rings. The zero-order valence-electron chi connectivity index (χ0n) is 10.7. The third-order valence-electron chi connectivity index (χ3n) is 3.29. The van der Waals surface area contributed by atoms with Crippen molar-refractivity contribution in [3.8, 4) is 0 Å². The lowest BCUT2D eigenvalue weighted by molar-refractivity contribution is -0.0199. The topological polar surface area (TPSA) is 21.3 Å². The van der Waals surface area contributed by atoms with Gasteiger partial charge < -0.3 is 10.1 Å². The minimum atomic E-state index is 0.332. The van der Waals surface area contributed by atoms with Crippen LogP contribution in [0.25, 0.3) is 0 Å². The van der Waals surface area contributed by atoms with E-state index >= 15 is 0 Å². The first kappa shape index (κ1) is 13.1. The molecule has 0 spiro atoms. The maximum absolute atomic E-state index is 6.05. The Morgan fingerprint density at radius 1 is 1.41 bits per heavy atom. The molecule has 17 heavy (non-hydrogen) atoms. The van der Waals surface area contributed by atoms with Gasteiger partial charge in [0.05, 0.1) is 12.2 Å². The molecular weight excluding hydrogens is 230 g/mol. The second kappa shape index (κ2) is 7.14. The van der Waals surface area contributed by atoms with Crippen LogP contribution < -0.4 is 5.32 Å². The van der Waals surface area contributed by atoms with Gasteiger partial charge in [0, 0.05) is 18.0 Å². The van der Waals surface area contributed by atoms with E-state index in [4.69, 9.17) is 4.74 Å². The first-order chi connectivity index (χ1) is 8.34. The normalized spacial score (nSPS) is 19.4. The minimum Gasteiger partial charge on any atom is -0.374 e. The fourth-order valence-corrected chi connectivity index (χ4v) is 3.06. The maximum atomic E-state index is 6.05. The van der Waals surface area contributed by atoms with E-state index in [0.29, 0.717) is 12.2 Å². The number of ether oxygens (including phenoxy) is 1. The number of hydrogen-bond donors (Lipinski definition) is 1. The summed E-state index contributed by atoms with van der Waals surface area (Å²) in [6.07, 6.45) is 7.45. The molecule has 2 rings (SSSR count). The van der Waals surface area contributed by atoms with E-state index in [-0.39, 0.29) is 0 Å². The number of rotatable bonds is 6. The van der Waals surface area contributed by atoms with Crippen LogP contribution >= 0.6 is 11.3 Å². The van der Waals surface area contributed by atoms with Crippen LogP contribution in [0.1, 0.15) is 43.9 Å². The molecule has 1 atom stereocenters. The summed E-state index contributed by atoms with van der Waals surface area (Å²) < 4.78 is 6.05. The summed E-state index contributed by atoms with van der Waals surface area (Å²) in [6, 6.07) is 4.27. The molecule has 0 radical (unpaired) electrons. The Labute approximate surface area is 108 Å². The summed E-state index contributed by atoms with van der Waals surface area (Å²) in [5.74, 6) is 0. The monoisotopic (exact) mass is 253 g/mol. The van der Waals surface area contributed by atoms with Crippen molar-refractivity contribution >= 4 is 11.3 Å². The minimum absolute atomic E-state index is 0.332. The van der Waals surface area contributed by atoms with Gasteiger partial charge in [-0.2, -0.15) is 0 Å². The third kappa shape index (κ3) is 4.78. The van der Waals surface area contributed by atoms with Crippen LogP contribution in [0.5, 0.6) is 0 Å². The molecule has 1 aromatic rings. The highest BCUT2D eigenvalue weighted by Crippen LogP contribution is 2.21. The van der Waals surface area contributed by atoms with Crippen LogP contribution in [0, 0.1) is 0 Å². The zero-order chi connectivity index (χ0) is 11.9. The summed E-state index contributed by atoms with van der Waals surface area (Å²) >= 11 is 1.81. The standard InChI is InChI=1S/C14H23NOS/c1-12(16-13-6-3-2-4-7-13)10-15-11-14-8-5-9-17-14/h5,8-9,12-13,15H,2-4,6-7,10-11H2,1H3. The lowest BCUT2D eigenvalue weighted by Crippen LogP contribution is -2.30. The van der Waals surface area contributed by atoms with Crippen molar-refractivity contribution in [1.82, 2.24) is 5.32 Å². The molecule has 1 aromatic heterocycles. The van der Waals surface area contributed by atoms with Gasteiger partial charge in [-0.15, -0.1) is 11.3 Å².